The Hall–Kier alpha value is -3.61. The van der Waals surface area contributed by atoms with Gasteiger partial charge in [-0.3, -0.25) is 4.79 Å². The van der Waals surface area contributed by atoms with E-state index in [0.29, 0.717) is 22.9 Å². The van der Waals surface area contributed by atoms with Crippen LogP contribution in [-0.4, -0.2) is 23.8 Å². The number of hydrogen-bond donors (Lipinski definition) is 4. The second-order valence-electron chi connectivity index (χ2n) is 5.22. The van der Waals surface area contributed by atoms with Crippen LogP contribution in [-0.2, 0) is 0 Å². The normalized spacial score (nSPS) is 15.0. The number of aliphatic imine (C=N–C) groups is 1. The fourth-order valence-corrected chi connectivity index (χ4v) is 2.40. The highest BCUT2D eigenvalue weighted by molar-refractivity contribution is 6.05. The van der Waals surface area contributed by atoms with Crippen molar-refractivity contribution in [2.45, 2.75) is 0 Å². The van der Waals surface area contributed by atoms with E-state index in [9.17, 15) is 4.79 Å². The predicted octanol–water partition coefficient (Wildman–Crippen LogP) is 1.65. The Morgan fingerprint density at radius 1 is 1.12 bits per heavy atom. The molecule has 1 aliphatic rings. The van der Waals surface area contributed by atoms with Gasteiger partial charge >= 0.3 is 0 Å². The average Bonchev–Trinajstić information content (AvgIpc) is 2.65. The fraction of sp³-hybridized carbons (Fsp3) is 0.0556. The second-order valence-corrected chi connectivity index (χ2v) is 5.22. The van der Waals surface area contributed by atoms with Crippen molar-refractivity contribution >= 4 is 23.3 Å². The van der Waals surface area contributed by atoms with Crippen molar-refractivity contribution in [3.63, 3.8) is 0 Å². The molecule has 5 N–H and O–H groups in total. The lowest BCUT2D eigenvalue weighted by Crippen LogP contribution is -2.29. The van der Waals surface area contributed by atoms with Gasteiger partial charge in [-0.2, -0.15) is 0 Å². The van der Waals surface area contributed by atoms with Crippen LogP contribution < -0.4 is 21.7 Å². The maximum atomic E-state index is 12.3. The number of anilines is 1. The maximum Gasteiger partial charge on any atom is 0.256 e. The Bertz CT molecular complexity index is 853. The van der Waals surface area contributed by atoms with Crippen LogP contribution in [0.2, 0.25) is 0 Å². The number of pyridine rings is 1. The number of rotatable bonds is 4. The zero-order valence-electron chi connectivity index (χ0n) is 13.7. The van der Waals surface area contributed by atoms with E-state index in [1.165, 1.54) is 0 Å². The predicted molar refractivity (Wildman–Crippen MR) is 98.5 cm³/mol. The van der Waals surface area contributed by atoms with E-state index in [0.717, 1.165) is 11.3 Å². The summed E-state index contributed by atoms with van der Waals surface area (Å²) in [5.74, 6) is 0.685. The smallest absolute Gasteiger partial charge is 0.256 e. The number of carbonyl (C=O) groups is 1. The molecule has 0 spiro atoms. The minimum absolute atomic E-state index is 0.219. The number of benzene rings is 1. The van der Waals surface area contributed by atoms with Crippen molar-refractivity contribution in [2.24, 2.45) is 10.7 Å². The van der Waals surface area contributed by atoms with E-state index >= 15 is 0 Å². The summed E-state index contributed by atoms with van der Waals surface area (Å²) in [5.41, 5.74) is 8.83. The van der Waals surface area contributed by atoms with Crippen molar-refractivity contribution < 1.29 is 4.79 Å². The summed E-state index contributed by atoms with van der Waals surface area (Å²) in [6, 6.07) is 12.5. The number of aromatic nitrogens is 1. The third kappa shape index (κ3) is 3.66. The summed E-state index contributed by atoms with van der Waals surface area (Å²) >= 11 is 0. The molecule has 7 nitrogen and oxygen atoms in total. The summed E-state index contributed by atoms with van der Waals surface area (Å²) in [6.07, 6.45) is 4.93. The molecular weight excluding hydrogens is 316 g/mol. The molecule has 1 amide bonds. The van der Waals surface area contributed by atoms with E-state index in [1.807, 2.05) is 18.2 Å². The van der Waals surface area contributed by atoms with E-state index in [2.05, 4.69) is 25.9 Å². The standard InChI is InChI=1S/C18H18N6O/c1-20-15(16-17(19)23-11-10-22-16)12-5-7-13(8-6-12)18(25)24-14-4-2-3-9-21-14/h2-11,20,22H,1H3,(H2,19,23)(H,21,24,25)/b16-15-. The monoisotopic (exact) mass is 334 g/mol. The van der Waals surface area contributed by atoms with Gasteiger partial charge in [-0.15, -0.1) is 0 Å². The minimum Gasteiger partial charge on any atom is -0.386 e. The molecule has 0 atom stereocenters. The van der Waals surface area contributed by atoms with Gasteiger partial charge in [0.2, 0.25) is 0 Å². The largest absolute Gasteiger partial charge is 0.386 e. The van der Waals surface area contributed by atoms with Gasteiger partial charge in [0.25, 0.3) is 5.91 Å². The number of amides is 1. The Labute approximate surface area is 145 Å². The molecular formula is C18H18N6O. The van der Waals surface area contributed by atoms with Gasteiger partial charge in [-0.1, -0.05) is 18.2 Å². The molecule has 0 fully saturated rings. The molecule has 2 heterocycles. The van der Waals surface area contributed by atoms with Crippen LogP contribution in [0.25, 0.3) is 5.70 Å². The van der Waals surface area contributed by atoms with Crippen LogP contribution in [0.5, 0.6) is 0 Å². The Balaban J connectivity index is 1.82. The van der Waals surface area contributed by atoms with Gasteiger partial charge in [0.15, 0.2) is 0 Å². The molecule has 0 bridgehead atoms. The van der Waals surface area contributed by atoms with E-state index in [4.69, 9.17) is 5.73 Å². The van der Waals surface area contributed by atoms with E-state index in [-0.39, 0.29) is 5.91 Å². The van der Waals surface area contributed by atoms with Crippen molar-refractivity contribution in [1.82, 2.24) is 15.6 Å². The van der Waals surface area contributed by atoms with Crippen molar-refractivity contribution in [2.75, 3.05) is 12.4 Å². The van der Waals surface area contributed by atoms with Crippen molar-refractivity contribution in [1.29, 1.82) is 0 Å². The lowest BCUT2D eigenvalue weighted by Gasteiger charge is -2.17. The summed E-state index contributed by atoms with van der Waals surface area (Å²) in [6.45, 7) is 0. The first-order valence-electron chi connectivity index (χ1n) is 7.69. The quantitative estimate of drug-likeness (QED) is 0.681. The summed E-state index contributed by atoms with van der Waals surface area (Å²) < 4.78 is 0. The highest BCUT2D eigenvalue weighted by atomic mass is 16.1. The van der Waals surface area contributed by atoms with Crippen molar-refractivity contribution in [3.8, 4) is 0 Å². The second kappa shape index (κ2) is 7.31. The number of hydrogen-bond acceptors (Lipinski definition) is 6. The average molecular weight is 334 g/mol. The highest BCUT2D eigenvalue weighted by Gasteiger charge is 2.14. The van der Waals surface area contributed by atoms with Crippen molar-refractivity contribution in [3.05, 3.63) is 77.9 Å². The Kier molecular flexibility index (Phi) is 4.75. The Morgan fingerprint density at radius 3 is 2.52 bits per heavy atom. The SMILES string of the molecule is CN/C(=C1\NC=CN=C1N)c1ccc(C(=O)Nc2ccccn2)cc1. The van der Waals surface area contributed by atoms with E-state index in [1.54, 1.807) is 49.9 Å². The molecule has 0 saturated heterocycles. The lowest BCUT2D eigenvalue weighted by atomic mass is 10.1. The highest BCUT2D eigenvalue weighted by Crippen LogP contribution is 2.17. The van der Waals surface area contributed by atoms with Gasteiger partial charge in [-0.05, 0) is 29.8 Å². The first-order chi connectivity index (χ1) is 12.2. The number of nitrogens with two attached hydrogens (primary N) is 1. The molecule has 25 heavy (non-hydrogen) atoms. The van der Waals surface area contributed by atoms with Crippen LogP contribution in [0.15, 0.2) is 71.8 Å². The first kappa shape index (κ1) is 16.3. The summed E-state index contributed by atoms with van der Waals surface area (Å²) in [5, 5.41) is 8.95. The van der Waals surface area contributed by atoms with Gasteiger partial charge in [-0.25, -0.2) is 9.98 Å². The van der Waals surface area contributed by atoms with Gasteiger partial charge in [0.05, 0.1) is 5.70 Å². The van der Waals surface area contributed by atoms with Gasteiger partial charge in [0, 0.05) is 31.2 Å². The van der Waals surface area contributed by atoms with Crippen LogP contribution in [0.4, 0.5) is 5.82 Å². The zero-order valence-corrected chi connectivity index (χ0v) is 13.7. The third-order valence-corrected chi connectivity index (χ3v) is 3.61. The van der Waals surface area contributed by atoms with Gasteiger partial charge < -0.3 is 21.7 Å². The molecule has 2 aromatic rings. The number of amidine groups is 1. The molecule has 0 aliphatic carbocycles. The van der Waals surface area contributed by atoms with Gasteiger partial charge in [0.1, 0.15) is 17.4 Å². The molecule has 3 rings (SSSR count). The number of carbonyl (C=O) groups excluding carboxylic acids is 1. The van der Waals surface area contributed by atoms with Crippen LogP contribution >= 0.6 is 0 Å². The van der Waals surface area contributed by atoms with E-state index < -0.39 is 0 Å². The molecule has 1 aromatic heterocycles. The first-order valence-corrected chi connectivity index (χ1v) is 7.69. The van der Waals surface area contributed by atoms with Crippen LogP contribution in [0.1, 0.15) is 15.9 Å². The maximum absolute atomic E-state index is 12.3. The third-order valence-electron chi connectivity index (χ3n) is 3.61. The molecule has 1 aromatic carbocycles. The summed E-state index contributed by atoms with van der Waals surface area (Å²) in [4.78, 5) is 20.4. The molecule has 0 unspecified atom stereocenters. The molecule has 126 valence electrons. The molecule has 0 radical (unpaired) electrons. The zero-order chi connectivity index (χ0) is 17.6. The lowest BCUT2D eigenvalue weighted by molar-refractivity contribution is 0.102. The number of nitrogens with one attached hydrogen (secondary N) is 3. The van der Waals surface area contributed by atoms with Crippen LogP contribution in [0.3, 0.4) is 0 Å². The minimum atomic E-state index is -0.219. The summed E-state index contributed by atoms with van der Waals surface area (Å²) in [7, 11) is 1.80. The molecule has 0 saturated carbocycles. The number of nitrogens with zero attached hydrogens (tertiary/aromatic N) is 2. The molecule has 7 heteroatoms. The fourth-order valence-electron chi connectivity index (χ4n) is 2.40. The van der Waals surface area contributed by atoms with Crippen LogP contribution in [0, 0.1) is 0 Å². The Morgan fingerprint density at radius 2 is 1.88 bits per heavy atom. The topological polar surface area (TPSA) is 104 Å². The molecule has 1 aliphatic heterocycles.